The molecule has 0 atom stereocenters. The summed E-state index contributed by atoms with van der Waals surface area (Å²) in [5.41, 5.74) is 7.68. The second-order valence-electron chi connectivity index (χ2n) is 3.89. The summed E-state index contributed by atoms with van der Waals surface area (Å²) >= 11 is 0. The first kappa shape index (κ1) is 12.3. The summed E-state index contributed by atoms with van der Waals surface area (Å²) in [6.45, 7) is 2.03. The fourth-order valence-corrected chi connectivity index (χ4v) is 1.77. The molecular formula is C13H15FN4. The van der Waals surface area contributed by atoms with Crippen LogP contribution >= 0.6 is 0 Å². The van der Waals surface area contributed by atoms with Crippen LogP contribution < -0.4 is 11.1 Å². The number of nitrogens with one attached hydrogen (secondary N) is 1. The lowest BCUT2D eigenvalue weighted by atomic mass is 10.1. The van der Waals surface area contributed by atoms with Gasteiger partial charge in [-0.15, -0.1) is 0 Å². The molecule has 0 saturated carbocycles. The molecule has 0 unspecified atom stereocenters. The highest BCUT2D eigenvalue weighted by atomic mass is 19.1. The monoisotopic (exact) mass is 246 g/mol. The Hall–Kier alpha value is -2.17. The molecule has 0 aliphatic carbocycles. The summed E-state index contributed by atoms with van der Waals surface area (Å²) in [7, 11) is 1.68. The quantitative estimate of drug-likeness (QED) is 0.785. The predicted molar refractivity (Wildman–Crippen MR) is 72.2 cm³/mol. The molecule has 0 fully saturated rings. The number of anilines is 1. The zero-order valence-electron chi connectivity index (χ0n) is 10.4. The normalized spacial score (nSPS) is 19.2. The molecule has 1 aliphatic rings. The van der Waals surface area contributed by atoms with Gasteiger partial charge in [-0.1, -0.05) is 13.0 Å². The molecule has 94 valence electrons. The van der Waals surface area contributed by atoms with Crippen LogP contribution in [0.3, 0.4) is 0 Å². The van der Waals surface area contributed by atoms with Crippen molar-refractivity contribution in [1.82, 2.24) is 5.32 Å². The van der Waals surface area contributed by atoms with Crippen LogP contribution in [0.5, 0.6) is 0 Å². The molecule has 4 nitrogen and oxygen atoms in total. The maximum absolute atomic E-state index is 13.0. The molecule has 0 radical (unpaired) electrons. The molecular weight excluding hydrogens is 231 g/mol. The molecule has 1 aromatic rings. The van der Waals surface area contributed by atoms with Crippen LogP contribution in [0.1, 0.15) is 18.9 Å². The molecule has 0 amide bonds. The van der Waals surface area contributed by atoms with Crippen molar-refractivity contribution in [2.75, 3.05) is 12.8 Å². The number of benzene rings is 1. The minimum atomic E-state index is -0.358. The Morgan fingerprint density at radius 1 is 1.50 bits per heavy atom. The summed E-state index contributed by atoms with van der Waals surface area (Å²) in [5, 5.41) is 3.15. The average Bonchev–Trinajstić information content (AvgIpc) is 2.72. The van der Waals surface area contributed by atoms with E-state index in [2.05, 4.69) is 15.3 Å². The summed E-state index contributed by atoms with van der Waals surface area (Å²) in [6.07, 6.45) is 2.88. The molecule has 0 aromatic heterocycles. The first-order valence-corrected chi connectivity index (χ1v) is 5.74. The molecule has 3 N–H and O–H groups in total. The number of hydrogen-bond acceptors (Lipinski definition) is 3. The Morgan fingerprint density at radius 2 is 2.28 bits per heavy atom. The van der Waals surface area contributed by atoms with E-state index in [-0.39, 0.29) is 5.82 Å². The fourth-order valence-electron chi connectivity index (χ4n) is 1.77. The maximum atomic E-state index is 13.0. The summed E-state index contributed by atoms with van der Waals surface area (Å²) < 4.78 is 13.0. The highest BCUT2D eigenvalue weighted by Gasteiger charge is 2.19. The van der Waals surface area contributed by atoms with Gasteiger partial charge in [-0.2, -0.15) is 0 Å². The third kappa shape index (κ3) is 2.25. The standard InChI is InChI=1S/C13H15FN4/c1-3-4-11-13(16-2)18-12(17-11)9-6-5-8(14)7-10(9)15/h4-7H,3,15H2,1-2H3,(H,16,17,18)/b11-4+. The van der Waals surface area contributed by atoms with Gasteiger partial charge < -0.3 is 11.1 Å². The minimum absolute atomic E-state index is 0.356. The summed E-state index contributed by atoms with van der Waals surface area (Å²) in [6, 6.07) is 4.25. The smallest absolute Gasteiger partial charge is 0.172 e. The highest BCUT2D eigenvalue weighted by molar-refractivity contribution is 6.20. The zero-order chi connectivity index (χ0) is 13.1. The van der Waals surface area contributed by atoms with Crippen molar-refractivity contribution in [2.24, 2.45) is 9.98 Å². The van der Waals surface area contributed by atoms with Crippen molar-refractivity contribution in [3.8, 4) is 0 Å². The van der Waals surface area contributed by atoms with Crippen LogP contribution in [0.15, 0.2) is 40.0 Å². The predicted octanol–water partition coefficient (Wildman–Crippen LogP) is 2.08. The molecule has 2 rings (SSSR count). The molecule has 0 saturated heterocycles. The molecule has 18 heavy (non-hydrogen) atoms. The van der Waals surface area contributed by atoms with Gasteiger partial charge in [0.15, 0.2) is 5.84 Å². The van der Waals surface area contributed by atoms with Gasteiger partial charge in [-0.25, -0.2) is 9.38 Å². The number of allylic oxidation sites excluding steroid dienone is 1. The molecule has 0 bridgehead atoms. The van der Waals surface area contributed by atoms with E-state index in [4.69, 9.17) is 5.73 Å². The maximum Gasteiger partial charge on any atom is 0.172 e. The fraction of sp³-hybridized carbons (Fsp3) is 0.231. The number of amidine groups is 2. The number of nitrogens with two attached hydrogens (primary N) is 1. The second kappa shape index (κ2) is 5.00. The van der Waals surface area contributed by atoms with E-state index in [1.54, 1.807) is 13.1 Å². The first-order valence-electron chi connectivity index (χ1n) is 5.74. The highest BCUT2D eigenvalue weighted by Crippen LogP contribution is 2.18. The number of hydrogen-bond donors (Lipinski definition) is 2. The van der Waals surface area contributed by atoms with E-state index in [0.717, 1.165) is 12.1 Å². The average molecular weight is 246 g/mol. The van der Waals surface area contributed by atoms with Crippen molar-refractivity contribution >= 4 is 17.4 Å². The second-order valence-corrected chi connectivity index (χ2v) is 3.89. The van der Waals surface area contributed by atoms with Gasteiger partial charge in [-0.3, -0.25) is 4.99 Å². The van der Waals surface area contributed by atoms with Crippen LogP contribution in [-0.4, -0.2) is 18.7 Å². The van der Waals surface area contributed by atoms with E-state index in [1.807, 2.05) is 13.0 Å². The Morgan fingerprint density at radius 3 is 2.89 bits per heavy atom. The first-order chi connectivity index (χ1) is 8.65. The van der Waals surface area contributed by atoms with E-state index >= 15 is 0 Å². The topological polar surface area (TPSA) is 62.8 Å². The lowest BCUT2D eigenvalue weighted by Gasteiger charge is -2.06. The number of aliphatic imine (C=N–C) groups is 2. The van der Waals surface area contributed by atoms with Crippen molar-refractivity contribution in [1.29, 1.82) is 0 Å². The van der Waals surface area contributed by atoms with E-state index in [0.29, 0.717) is 22.9 Å². The Labute approximate surface area is 105 Å². The van der Waals surface area contributed by atoms with Gasteiger partial charge in [-0.05, 0) is 24.6 Å². The number of rotatable bonds is 2. The van der Waals surface area contributed by atoms with Crippen LogP contribution in [0.2, 0.25) is 0 Å². The Bertz CT molecular complexity index is 558. The van der Waals surface area contributed by atoms with Crippen molar-refractivity contribution in [2.45, 2.75) is 13.3 Å². The summed E-state index contributed by atoms with van der Waals surface area (Å²) in [4.78, 5) is 8.45. The molecule has 1 aromatic carbocycles. The number of nitrogen functional groups attached to an aromatic ring is 1. The largest absolute Gasteiger partial charge is 0.398 e. The van der Waals surface area contributed by atoms with Crippen molar-refractivity contribution in [3.63, 3.8) is 0 Å². The number of halogens is 1. The molecule has 0 spiro atoms. The lowest BCUT2D eigenvalue weighted by molar-refractivity contribution is 0.628. The molecule has 5 heteroatoms. The zero-order valence-corrected chi connectivity index (χ0v) is 10.4. The minimum Gasteiger partial charge on any atom is -0.398 e. The van der Waals surface area contributed by atoms with E-state index in [9.17, 15) is 4.39 Å². The SMILES string of the molecule is CC/C=C1/NC(c2ccc(F)cc2N)=NC1=NC. The van der Waals surface area contributed by atoms with Gasteiger partial charge in [0, 0.05) is 18.3 Å². The van der Waals surface area contributed by atoms with Gasteiger partial charge in [0.1, 0.15) is 11.7 Å². The van der Waals surface area contributed by atoms with Crippen molar-refractivity contribution in [3.05, 3.63) is 41.4 Å². The van der Waals surface area contributed by atoms with Gasteiger partial charge >= 0.3 is 0 Å². The third-order valence-electron chi connectivity index (χ3n) is 2.60. The Kier molecular flexibility index (Phi) is 3.41. The van der Waals surface area contributed by atoms with Crippen LogP contribution in [0.25, 0.3) is 0 Å². The van der Waals surface area contributed by atoms with E-state index in [1.165, 1.54) is 12.1 Å². The summed E-state index contributed by atoms with van der Waals surface area (Å²) in [5.74, 6) is 0.881. The third-order valence-corrected chi connectivity index (χ3v) is 2.60. The lowest BCUT2D eigenvalue weighted by Crippen LogP contribution is -2.20. The van der Waals surface area contributed by atoms with Crippen molar-refractivity contribution < 1.29 is 4.39 Å². The van der Waals surface area contributed by atoms with Crippen LogP contribution in [0.4, 0.5) is 10.1 Å². The van der Waals surface area contributed by atoms with E-state index < -0.39 is 0 Å². The van der Waals surface area contributed by atoms with Gasteiger partial charge in [0.25, 0.3) is 0 Å². The Balaban J connectivity index is 2.39. The van der Waals surface area contributed by atoms with Crippen LogP contribution in [0, 0.1) is 5.82 Å². The number of nitrogens with zero attached hydrogens (tertiary/aromatic N) is 2. The van der Waals surface area contributed by atoms with Gasteiger partial charge in [0.2, 0.25) is 0 Å². The molecule has 1 aliphatic heterocycles. The van der Waals surface area contributed by atoms with Gasteiger partial charge in [0.05, 0.1) is 5.70 Å². The van der Waals surface area contributed by atoms with Crippen LogP contribution in [-0.2, 0) is 0 Å². The molecule has 1 heterocycles.